The Morgan fingerprint density at radius 2 is 2.22 bits per heavy atom. The van der Waals surface area contributed by atoms with Gasteiger partial charge in [-0.25, -0.2) is 0 Å². The van der Waals surface area contributed by atoms with E-state index in [-0.39, 0.29) is 0 Å². The summed E-state index contributed by atoms with van der Waals surface area (Å²) in [5.74, 6) is 0. The lowest BCUT2D eigenvalue weighted by Crippen LogP contribution is -2.23. The first-order chi connectivity index (χ1) is 8.69. The van der Waals surface area contributed by atoms with Gasteiger partial charge in [-0.15, -0.1) is 0 Å². The first kappa shape index (κ1) is 13.4. The number of nitrogens with zero attached hydrogens (tertiary/aromatic N) is 2. The molecule has 1 unspecified atom stereocenters. The number of anilines is 1. The molecule has 1 aliphatic heterocycles. The van der Waals surface area contributed by atoms with Crippen LogP contribution in [-0.2, 0) is 0 Å². The van der Waals surface area contributed by atoms with E-state index >= 15 is 0 Å². The first-order valence-corrected chi connectivity index (χ1v) is 7.13. The molecule has 2 rings (SSSR count). The molecule has 1 aromatic rings. The lowest BCUT2D eigenvalue weighted by atomic mass is 10.1. The number of rotatable bonds is 2. The van der Waals surface area contributed by atoms with E-state index in [2.05, 4.69) is 39.3 Å². The molecular formula is C14H18BrN3. The van der Waals surface area contributed by atoms with Crippen LogP contribution in [0, 0.1) is 11.3 Å². The van der Waals surface area contributed by atoms with Gasteiger partial charge in [0.05, 0.1) is 11.3 Å². The molecule has 4 heteroatoms. The van der Waals surface area contributed by atoms with Gasteiger partial charge < -0.3 is 10.2 Å². The molecule has 0 spiro atoms. The second kappa shape index (κ2) is 6.21. The summed E-state index contributed by atoms with van der Waals surface area (Å²) in [6, 6.07) is 8.47. The monoisotopic (exact) mass is 307 g/mol. The third-order valence-electron chi connectivity index (χ3n) is 3.41. The van der Waals surface area contributed by atoms with E-state index in [0.29, 0.717) is 6.04 Å². The Morgan fingerprint density at radius 3 is 3.00 bits per heavy atom. The van der Waals surface area contributed by atoms with E-state index in [9.17, 15) is 0 Å². The van der Waals surface area contributed by atoms with Crippen molar-refractivity contribution in [1.29, 1.82) is 5.26 Å². The fourth-order valence-electron chi connectivity index (χ4n) is 2.34. The van der Waals surface area contributed by atoms with Crippen LogP contribution in [0.15, 0.2) is 22.7 Å². The van der Waals surface area contributed by atoms with Crippen LogP contribution in [-0.4, -0.2) is 31.1 Å². The number of halogens is 1. The zero-order chi connectivity index (χ0) is 13.0. The predicted molar refractivity (Wildman–Crippen MR) is 77.6 cm³/mol. The average Bonchev–Trinajstić information content (AvgIpc) is 2.55. The zero-order valence-electron chi connectivity index (χ0n) is 10.6. The van der Waals surface area contributed by atoms with Gasteiger partial charge in [-0.1, -0.05) is 15.9 Å². The minimum absolute atomic E-state index is 0.469. The van der Waals surface area contributed by atoms with Gasteiger partial charge in [0, 0.05) is 10.5 Å². The van der Waals surface area contributed by atoms with Gasteiger partial charge in [-0.3, -0.25) is 0 Å². The Labute approximate surface area is 117 Å². The van der Waals surface area contributed by atoms with Crippen LogP contribution in [0.1, 0.15) is 24.8 Å². The maximum atomic E-state index is 9.12. The fourth-order valence-corrected chi connectivity index (χ4v) is 2.70. The number of likely N-dealkylation sites (tertiary alicyclic amines) is 1. The predicted octanol–water partition coefficient (Wildman–Crippen LogP) is 3.22. The van der Waals surface area contributed by atoms with Crippen LogP contribution in [0.2, 0.25) is 0 Å². The van der Waals surface area contributed by atoms with E-state index in [0.717, 1.165) is 28.7 Å². The number of hydrogen-bond donors (Lipinski definition) is 1. The summed E-state index contributed by atoms with van der Waals surface area (Å²) in [6.45, 7) is 2.29. The van der Waals surface area contributed by atoms with Crippen LogP contribution in [0.5, 0.6) is 0 Å². The van der Waals surface area contributed by atoms with Crippen molar-refractivity contribution in [2.75, 3.05) is 25.5 Å². The highest BCUT2D eigenvalue weighted by atomic mass is 79.9. The van der Waals surface area contributed by atoms with Crippen LogP contribution in [0.4, 0.5) is 5.69 Å². The molecule has 1 fully saturated rings. The van der Waals surface area contributed by atoms with Crippen LogP contribution < -0.4 is 5.32 Å². The summed E-state index contributed by atoms with van der Waals surface area (Å²) in [7, 11) is 2.17. The number of benzene rings is 1. The van der Waals surface area contributed by atoms with Crippen molar-refractivity contribution in [2.24, 2.45) is 0 Å². The Kier molecular flexibility index (Phi) is 4.62. The SMILES string of the molecule is CN1CCCC(Nc2cc(Br)ccc2C#N)CC1. The Bertz CT molecular complexity index is 453. The van der Waals surface area contributed by atoms with Crippen molar-refractivity contribution in [3.8, 4) is 6.07 Å². The number of hydrogen-bond acceptors (Lipinski definition) is 3. The molecule has 1 atom stereocenters. The van der Waals surface area contributed by atoms with Crippen LogP contribution in [0.3, 0.4) is 0 Å². The molecule has 0 aromatic heterocycles. The van der Waals surface area contributed by atoms with E-state index in [1.54, 1.807) is 0 Å². The summed E-state index contributed by atoms with van der Waals surface area (Å²) in [5, 5.41) is 12.6. The third-order valence-corrected chi connectivity index (χ3v) is 3.91. The molecule has 0 saturated carbocycles. The highest BCUT2D eigenvalue weighted by Crippen LogP contribution is 2.23. The van der Waals surface area contributed by atoms with Crippen molar-refractivity contribution >= 4 is 21.6 Å². The zero-order valence-corrected chi connectivity index (χ0v) is 12.2. The first-order valence-electron chi connectivity index (χ1n) is 6.34. The van der Waals surface area contributed by atoms with Gasteiger partial charge in [-0.05, 0) is 57.6 Å². The fraction of sp³-hybridized carbons (Fsp3) is 0.500. The van der Waals surface area contributed by atoms with Gasteiger partial charge in [0.1, 0.15) is 6.07 Å². The molecule has 96 valence electrons. The maximum Gasteiger partial charge on any atom is 0.101 e. The van der Waals surface area contributed by atoms with Crippen molar-refractivity contribution in [1.82, 2.24) is 4.90 Å². The summed E-state index contributed by atoms with van der Waals surface area (Å²) in [6.07, 6.45) is 3.51. The van der Waals surface area contributed by atoms with Crippen molar-refractivity contribution in [3.63, 3.8) is 0 Å². The van der Waals surface area contributed by atoms with Crippen molar-refractivity contribution in [3.05, 3.63) is 28.2 Å². The molecule has 0 amide bonds. The third kappa shape index (κ3) is 3.47. The maximum absolute atomic E-state index is 9.12. The quantitative estimate of drug-likeness (QED) is 0.912. The molecule has 0 bridgehead atoms. The molecule has 0 aliphatic carbocycles. The highest BCUT2D eigenvalue weighted by molar-refractivity contribution is 9.10. The van der Waals surface area contributed by atoms with Crippen LogP contribution in [0.25, 0.3) is 0 Å². The molecule has 18 heavy (non-hydrogen) atoms. The molecule has 1 aliphatic rings. The van der Waals surface area contributed by atoms with Gasteiger partial charge in [-0.2, -0.15) is 5.26 Å². The second-order valence-corrected chi connectivity index (χ2v) is 5.79. The Balaban J connectivity index is 2.09. The molecule has 3 nitrogen and oxygen atoms in total. The number of nitrogens with one attached hydrogen (secondary N) is 1. The van der Waals surface area contributed by atoms with Gasteiger partial charge in [0.25, 0.3) is 0 Å². The molecule has 1 saturated heterocycles. The average molecular weight is 308 g/mol. The van der Waals surface area contributed by atoms with E-state index in [1.807, 2.05) is 18.2 Å². The lowest BCUT2D eigenvalue weighted by Gasteiger charge is -2.19. The van der Waals surface area contributed by atoms with Gasteiger partial charge in [0.2, 0.25) is 0 Å². The van der Waals surface area contributed by atoms with E-state index in [1.165, 1.54) is 19.4 Å². The summed E-state index contributed by atoms with van der Waals surface area (Å²) >= 11 is 3.46. The molecule has 1 N–H and O–H groups in total. The summed E-state index contributed by atoms with van der Waals surface area (Å²) < 4.78 is 1.01. The molecule has 0 radical (unpaired) electrons. The van der Waals surface area contributed by atoms with E-state index < -0.39 is 0 Å². The molecule has 1 aromatic carbocycles. The van der Waals surface area contributed by atoms with Gasteiger partial charge >= 0.3 is 0 Å². The molecule has 1 heterocycles. The lowest BCUT2D eigenvalue weighted by molar-refractivity contribution is 0.348. The second-order valence-electron chi connectivity index (χ2n) is 4.88. The van der Waals surface area contributed by atoms with Crippen molar-refractivity contribution in [2.45, 2.75) is 25.3 Å². The largest absolute Gasteiger partial charge is 0.381 e. The van der Waals surface area contributed by atoms with E-state index in [4.69, 9.17) is 5.26 Å². The molecular weight excluding hydrogens is 290 g/mol. The highest BCUT2D eigenvalue weighted by Gasteiger charge is 2.15. The Morgan fingerprint density at radius 1 is 1.39 bits per heavy atom. The topological polar surface area (TPSA) is 39.1 Å². The smallest absolute Gasteiger partial charge is 0.101 e. The normalized spacial score (nSPS) is 21.1. The van der Waals surface area contributed by atoms with Gasteiger partial charge in [0.15, 0.2) is 0 Å². The minimum Gasteiger partial charge on any atom is -0.381 e. The van der Waals surface area contributed by atoms with Crippen molar-refractivity contribution < 1.29 is 0 Å². The Hall–Kier alpha value is -1.05. The van der Waals surface area contributed by atoms with Crippen LogP contribution >= 0.6 is 15.9 Å². The minimum atomic E-state index is 0.469. The number of nitriles is 1. The summed E-state index contributed by atoms with van der Waals surface area (Å²) in [5.41, 5.74) is 1.66. The summed E-state index contributed by atoms with van der Waals surface area (Å²) in [4.78, 5) is 2.37. The standard InChI is InChI=1S/C14H18BrN3/c1-18-7-2-3-13(6-8-18)17-14-9-12(15)5-4-11(14)10-16/h4-5,9,13,17H,2-3,6-8H2,1H3.